The van der Waals surface area contributed by atoms with Crippen LogP contribution in [-0.2, 0) is 0 Å². The summed E-state index contributed by atoms with van der Waals surface area (Å²) in [6, 6.07) is 0. The quantitative estimate of drug-likeness (QED) is 0.230. The second-order valence-electron chi connectivity index (χ2n) is 2.67. The average molecular weight is 198 g/mol. The van der Waals surface area contributed by atoms with Gasteiger partial charge in [-0.05, 0) is 5.53 Å². The van der Waals surface area contributed by atoms with Crippen molar-refractivity contribution in [2.24, 2.45) is 5.11 Å². The van der Waals surface area contributed by atoms with Gasteiger partial charge >= 0.3 is 0 Å². The summed E-state index contributed by atoms with van der Waals surface area (Å²) in [6.45, 7) is 2.18. The molecule has 8 nitrogen and oxygen atoms in total. The van der Waals surface area contributed by atoms with Crippen molar-refractivity contribution in [1.29, 1.82) is 0 Å². The summed E-state index contributed by atoms with van der Waals surface area (Å²) in [5.74, 6) is 0.475. The molecule has 1 rings (SSSR count). The highest BCUT2D eigenvalue weighted by molar-refractivity contribution is 5.00. The van der Waals surface area contributed by atoms with Crippen LogP contribution in [-0.4, -0.2) is 36.0 Å². The van der Waals surface area contributed by atoms with Crippen molar-refractivity contribution in [3.05, 3.63) is 32.6 Å². The molecule has 0 unspecified atom stereocenters. The monoisotopic (exact) mass is 198 g/mol. The predicted molar refractivity (Wildman–Crippen MR) is 48.7 cm³/mol. The topological polar surface area (TPSA) is 107 Å². The third kappa shape index (κ3) is 2.83. The minimum absolute atomic E-state index is 0.313. The van der Waals surface area contributed by atoms with Crippen molar-refractivity contribution in [3.8, 4) is 0 Å². The molecule has 1 aliphatic heterocycles. The van der Waals surface area contributed by atoms with Gasteiger partial charge in [0.05, 0.1) is 4.92 Å². The van der Waals surface area contributed by atoms with Crippen molar-refractivity contribution >= 4 is 0 Å². The molecule has 0 radical (unpaired) electrons. The van der Waals surface area contributed by atoms with Crippen molar-refractivity contribution in [2.75, 3.05) is 26.2 Å². The Bertz CT molecular complexity index is 295. The Morgan fingerprint density at radius 1 is 1.86 bits per heavy atom. The molecule has 14 heavy (non-hydrogen) atoms. The fourth-order valence-corrected chi connectivity index (χ4v) is 1.22. The van der Waals surface area contributed by atoms with Gasteiger partial charge in [-0.1, -0.05) is 5.11 Å². The number of rotatable bonds is 4. The van der Waals surface area contributed by atoms with Gasteiger partial charge in [-0.3, -0.25) is 10.1 Å². The van der Waals surface area contributed by atoms with E-state index < -0.39 is 4.92 Å². The number of hydrogen-bond acceptors (Lipinski definition) is 5. The van der Waals surface area contributed by atoms with Gasteiger partial charge in [0.1, 0.15) is 0 Å². The zero-order chi connectivity index (χ0) is 10.4. The second kappa shape index (κ2) is 4.93. The van der Waals surface area contributed by atoms with Crippen LogP contribution in [0.4, 0.5) is 0 Å². The smallest absolute Gasteiger partial charge is 0.274 e. The zero-order valence-corrected chi connectivity index (χ0v) is 7.46. The Morgan fingerprint density at radius 2 is 2.64 bits per heavy atom. The van der Waals surface area contributed by atoms with Crippen LogP contribution >= 0.6 is 0 Å². The van der Waals surface area contributed by atoms with Crippen LogP contribution in [0.2, 0.25) is 0 Å². The Morgan fingerprint density at radius 3 is 3.29 bits per heavy atom. The van der Waals surface area contributed by atoms with E-state index >= 15 is 0 Å². The number of nitrogens with zero attached hydrogens (tertiary/aromatic N) is 5. The normalized spacial score (nSPS) is 17.7. The van der Waals surface area contributed by atoms with E-state index in [4.69, 9.17) is 5.53 Å². The molecule has 0 aromatic heterocycles. The van der Waals surface area contributed by atoms with E-state index in [0.717, 1.165) is 6.20 Å². The lowest BCUT2D eigenvalue weighted by Gasteiger charge is -2.14. The standard InChI is InChI=1S/C6H10N6O2/c7-10-9-2-4-11-3-1-8-6(11)5-12(13)14/h5,8H,1-4H2/b6-5+. The lowest BCUT2D eigenvalue weighted by atomic mass is 10.5. The summed E-state index contributed by atoms with van der Waals surface area (Å²) in [7, 11) is 0. The molecule has 1 saturated heterocycles. The minimum Gasteiger partial charge on any atom is -0.365 e. The van der Waals surface area contributed by atoms with Crippen LogP contribution in [0.3, 0.4) is 0 Å². The van der Waals surface area contributed by atoms with E-state index in [0.29, 0.717) is 32.0 Å². The largest absolute Gasteiger partial charge is 0.365 e. The number of azide groups is 1. The predicted octanol–water partition coefficient (Wildman–Crippen LogP) is 0.278. The van der Waals surface area contributed by atoms with Crippen LogP contribution in [0.1, 0.15) is 0 Å². The summed E-state index contributed by atoms with van der Waals surface area (Å²) in [5.41, 5.74) is 8.05. The first kappa shape index (κ1) is 10.1. The van der Waals surface area contributed by atoms with E-state index in [1.165, 1.54) is 0 Å². The molecule has 0 saturated carbocycles. The first-order valence-electron chi connectivity index (χ1n) is 4.09. The summed E-state index contributed by atoms with van der Waals surface area (Å²) >= 11 is 0. The molecule has 1 aliphatic rings. The first-order valence-corrected chi connectivity index (χ1v) is 4.09. The molecule has 0 spiro atoms. The highest BCUT2D eigenvalue weighted by Crippen LogP contribution is 2.06. The SMILES string of the molecule is [N-]=[N+]=NCCN1CCN/C1=C\[N+](=O)[O-]. The maximum Gasteiger partial charge on any atom is 0.274 e. The summed E-state index contributed by atoms with van der Waals surface area (Å²) < 4.78 is 0. The van der Waals surface area contributed by atoms with Gasteiger partial charge in [0.15, 0.2) is 5.82 Å². The van der Waals surface area contributed by atoms with E-state index in [9.17, 15) is 10.1 Å². The molecule has 1 heterocycles. The molecule has 8 heteroatoms. The molecular formula is C6H10N6O2. The molecule has 0 bridgehead atoms. The Hall–Kier alpha value is -1.95. The zero-order valence-electron chi connectivity index (χ0n) is 7.46. The van der Waals surface area contributed by atoms with Gasteiger partial charge in [0.25, 0.3) is 6.20 Å². The number of nitrogens with one attached hydrogen (secondary N) is 1. The van der Waals surface area contributed by atoms with Crippen LogP contribution < -0.4 is 5.32 Å². The highest BCUT2D eigenvalue weighted by Gasteiger charge is 2.18. The first-order chi connectivity index (χ1) is 6.74. The Balaban J connectivity index is 2.51. The summed E-state index contributed by atoms with van der Waals surface area (Å²) in [4.78, 5) is 14.1. The fraction of sp³-hybridized carbons (Fsp3) is 0.667. The molecule has 0 atom stereocenters. The fourth-order valence-electron chi connectivity index (χ4n) is 1.22. The number of hydrogen-bond donors (Lipinski definition) is 1. The van der Waals surface area contributed by atoms with Gasteiger partial charge in [0.2, 0.25) is 0 Å². The van der Waals surface area contributed by atoms with Gasteiger partial charge in [-0.15, -0.1) is 0 Å². The van der Waals surface area contributed by atoms with Crippen molar-refractivity contribution in [2.45, 2.75) is 0 Å². The molecule has 1 N–H and O–H groups in total. The summed E-state index contributed by atoms with van der Waals surface area (Å²) in [6.07, 6.45) is 0.920. The average Bonchev–Trinajstić information content (AvgIpc) is 2.52. The Labute approximate surface area is 80.0 Å². The third-order valence-electron chi connectivity index (χ3n) is 1.79. The molecule has 0 aliphatic carbocycles. The molecule has 76 valence electrons. The second-order valence-corrected chi connectivity index (χ2v) is 2.67. The molecular weight excluding hydrogens is 188 g/mol. The maximum absolute atomic E-state index is 10.2. The van der Waals surface area contributed by atoms with Gasteiger partial charge in [0, 0.05) is 31.1 Å². The Kier molecular flexibility index (Phi) is 3.57. The van der Waals surface area contributed by atoms with Gasteiger partial charge in [-0.2, -0.15) is 0 Å². The highest BCUT2D eigenvalue weighted by atomic mass is 16.6. The minimum atomic E-state index is -0.506. The van der Waals surface area contributed by atoms with Crippen LogP contribution in [0.5, 0.6) is 0 Å². The van der Waals surface area contributed by atoms with E-state index in [1.807, 2.05) is 0 Å². The molecule has 0 aromatic carbocycles. The van der Waals surface area contributed by atoms with E-state index in [2.05, 4.69) is 15.3 Å². The van der Waals surface area contributed by atoms with Crippen molar-refractivity contribution in [1.82, 2.24) is 10.2 Å². The van der Waals surface area contributed by atoms with Crippen LogP contribution in [0.25, 0.3) is 10.4 Å². The van der Waals surface area contributed by atoms with E-state index in [1.54, 1.807) is 4.90 Å². The lowest BCUT2D eigenvalue weighted by molar-refractivity contribution is -0.404. The molecule has 0 aromatic rings. The van der Waals surface area contributed by atoms with Crippen LogP contribution in [0, 0.1) is 10.1 Å². The van der Waals surface area contributed by atoms with Crippen molar-refractivity contribution in [3.63, 3.8) is 0 Å². The van der Waals surface area contributed by atoms with Crippen molar-refractivity contribution < 1.29 is 4.92 Å². The van der Waals surface area contributed by atoms with Crippen LogP contribution in [0.15, 0.2) is 17.1 Å². The van der Waals surface area contributed by atoms with Gasteiger partial charge < -0.3 is 10.2 Å². The van der Waals surface area contributed by atoms with E-state index in [-0.39, 0.29) is 0 Å². The third-order valence-corrected chi connectivity index (χ3v) is 1.79. The summed E-state index contributed by atoms with van der Waals surface area (Å²) in [5, 5.41) is 16.4. The number of nitro groups is 1. The van der Waals surface area contributed by atoms with Gasteiger partial charge in [-0.25, -0.2) is 0 Å². The molecule has 0 amide bonds. The maximum atomic E-state index is 10.2. The lowest BCUT2D eigenvalue weighted by Crippen LogP contribution is -2.23. The molecule has 1 fully saturated rings.